The summed E-state index contributed by atoms with van der Waals surface area (Å²) in [5.41, 5.74) is 1.29. The van der Waals surface area contributed by atoms with E-state index in [1.807, 2.05) is 0 Å². The van der Waals surface area contributed by atoms with Gasteiger partial charge in [0, 0.05) is 12.1 Å². The number of hydrogen-bond donors (Lipinski definition) is 1. The minimum absolute atomic E-state index is 0.420. The predicted molar refractivity (Wildman–Crippen MR) is 85.1 cm³/mol. The van der Waals surface area contributed by atoms with Gasteiger partial charge in [-0.2, -0.15) is 0 Å². The van der Waals surface area contributed by atoms with E-state index in [4.69, 9.17) is 4.74 Å². The first-order valence-corrected chi connectivity index (χ1v) is 8.21. The van der Waals surface area contributed by atoms with Crippen molar-refractivity contribution in [3.8, 4) is 5.75 Å². The lowest BCUT2D eigenvalue weighted by molar-refractivity contribution is 0.181. The highest BCUT2D eigenvalue weighted by Gasteiger charge is 2.15. The fraction of sp³-hybridized carbons (Fsp3) is 0.667. The standard InChI is InChI=1S/C18H29NO/c1-15(2)13-19-14-16-9-7-8-12-18(16)20-17-10-5-3-4-6-11-17/h7-9,12,15,17,19H,3-6,10-11,13-14H2,1-2H3. The van der Waals surface area contributed by atoms with Gasteiger partial charge in [-0.3, -0.25) is 0 Å². The fourth-order valence-corrected chi connectivity index (χ4v) is 2.80. The lowest BCUT2D eigenvalue weighted by Crippen LogP contribution is -2.21. The highest BCUT2D eigenvalue weighted by atomic mass is 16.5. The molecule has 1 aromatic rings. The van der Waals surface area contributed by atoms with Gasteiger partial charge >= 0.3 is 0 Å². The van der Waals surface area contributed by atoms with Crippen LogP contribution in [0.3, 0.4) is 0 Å². The quantitative estimate of drug-likeness (QED) is 0.770. The van der Waals surface area contributed by atoms with Gasteiger partial charge in [0.2, 0.25) is 0 Å². The first-order valence-electron chi connectivity index (χ1n) is 8.21. The number of ether oxygens (including phenoxy) is 1. The fourth-order valence-electron chi connectivity index (χ4n) is 2.80. The Hall–Kier alpha value is -1.02. The normalized spacial score (nSPS) is 17.1. The van der Waals surface area contributed by atoms with Crippen molar-refractivity contribution < 1.29 is 4.74 Å². The summed E-state index contributed by atoms with van der Waals surface area (Å²) in [6, 6.07) is 8.49. The van der Waals surface area contributed by atoms with Gasteiger partial charge in [-0.15, -0.1) is 0 Å². The van der Waals surface area contributed by atoms with Crippen molar-refractivity contribution in [1.29, 1.82) is 0 Å². The molecule has 1 fully saturated rings. The van der Waals surface area contributed by atoms with Crippen LogP contribution in [-0.4, -0.2) is 12.6 Å². The van der Waals surface area contributed by atoms with Crippen molar-refractivity contribution in [2.24, 2.45) is 5.92 Å². The topological polar surface area (TPSA) is 21.3 Å². The third-order valence-corrected chi connectivity index (χ3v) is 3.94. The van der Waals surface area contributed by atoms with Crippen LogP contribution in [-0.2, 0) is 6.54 Å². The average molecular weight is 275 g/mol. The average Bonchev–Trinajstić information content (AvgIpc) is 2.69. The van der Waals surface area contributed by atoms with Crippen LogP contribution in [0.2, 0.25) is 0 Å². The summed E-state index contributed by atoms with van der Waals surface area (Å²) in [7, 11) is 0. The third-order valence-electron chi connectivity index (χ3n) is 3.94. The second kappa shape index (κ2) is 8.31. The summed E-state index contributed by atoms with van der Waals surface area (Å²) in [6.07, 6.45) is 8.23. The molecular weight excluding hydrogens is 246 g/mol. The van der Waals surface area contributed by atoms with Crippen LogP contribution in [0.25, 0.3) is 0 Å². The molecule has 0 bridgehead atoms. The molecular formula is C18H29NO. The largest absolute Gasteiger partial charge is 0.490 e. The molecule has 1 aromatic carbocycles. The zero-order valence-corrected chi connectivity index (χ0v) is 13.0. The van der Waals surface area contributed by atoms with E-state index in [1.165, 1.54) is 44.1 Å². The molecule has 1 aliphatic carbocycles. The van der Waals surface area contributed by atoms with Crippen LogP contribution in [0.4, 0.5) is 0 Å². The number of rotatable bonds is 6. The molecule has 0 saturated heterocycles. The van der Waals surface area contributed by atoms with Crippen LogP contribution >= 0.6 is 0 Å². The van der Waals surface area contributed by atoms with E-state index in [1.54, 1.807) is 0 Å². The summed E-state index contributed by atoms with van der Waals surface area (Å²) in [6.45, 7) is 6.43. The van der Waals surface area contributed by atoms with Gasteiger partial charge in [0.1, 0.15) is 5.75 Å². The molecule has 0 heterocycles. The van der Waals surface area contributed by atoms with E-state index >= 15 is 0 Å². The predicted octanol–water partition coefficient (Wildman–Crippen LogP) is 4.53. The molecule has 0 atom stereocenters. The first-order chi connectivity index (χ1) is 9.75. The summed E-state index contributed by atoms with van der Waals surface area (Å²) < 4.78 is 6.28. The highest BCUT2D eigenvalue weighted by molar-refractivity contribution is 5.33. The second-order valence-corrected chi connectivity index (χ2v) is 6.36. The molecule has 0 radical (unpaired) electrons. The van der Waals surface area contributed by atoms with E-state index in [-0.39, 0.29) is 0 Å². The van der Waals surface area contributed by atoms with Gasteiger partial charge in [0.15, 0.2) is 0 Å². The SMILES string of the molecule is CC(C)CNCc1ccccc1OC1CCCCCC1. The zero-order chi connectivity index (χ0) is 14.2. The maximum atomic E-state index is 6.28. The van der Waals surface area contributed by atoms with Crippen LogP contribution in [0.15, 0.2) is 24.3 Å². The van der Waals surface area contributed by atoms with Crippen molar-refractivity contribution in [3.63, 3.8) is 0 Å². The minimum atomic E-state index is 0.420. The summed E-state index contributed by atoms with van der Waals surface area (Å²) in [5.74, 6) is 1.76. The Morgan fingerprint density at radius 3 is 2.50 bits per heavy atom. The minimum Gasteiger partial charge on any atom is -0.490 e. The summed E-state index contributed by atoms with van der Waals surface area (Å²) >= 11 is 0. The molecule has 1 saturated carbocycles. The number of para-hydroxylation sites is 1. The lowest BCUT2D eigenvalue weighted by Gasteiger charge is -2.20. The maximum Gasteiger partial charge on any atom is 0.124 e. The van der Waals surface area contributed by atoms with Crippen LogP contribution in [0.5, 0.6) is 5.75 Å². The van der Waals surface area contributed by atoms with Gasteiger partial charge in [0.05, 0.1) is 6.10 Å². The molecule has 0 spiro atoms. The molecule has 0 aromatic heterocycles. The number of hydrogen-bond acceptors (Lipinski definition) is 2. The van der Waals surface area contributed by atoms with E-state index < -0.39 is 0 Å². The Labute approximate surface area is 123 Å². The third kappa shape index (κ3) is 5.16. The Balaban J connectivity index is 1.92. The van der Waals surface area contributed by atoms with Crippen LogP contribution < -0.4 is 10.1 Å². The van der Waals surface area contributed by atoms with E-state index in [0.717, 1.165) is 18.8 Å². The van der Waals surface area contributed by atoms with Crippen molar-refractivity contribution in [2.75, 3.05) is 6.54 Å². The number of nitrogens with one attached hydrogen (secondary N) is 1. The Morgan fingerprint density at radius 1 is 1.10 bits per heavy atom. The molecule has 2 nitrogen and oxygen atoms in total. The first kappa shape index (κ1) is 15.4. The van der Waals surface area contributed by atoms with E-state index in [0.29, 0.717) is 12.0 Å². The lowest BCUT2D eigenvalue weighted by atomic mass is 10.1. The smallest absolute Gasteiger partial charge is 0.124 e. The van der Waals surface area contributed by atoms with Gasteiger partial charge < -0.3 is 10.1 Å². The van der Waals surface area contributed by atoms with Crippen LogP contribution in [0.1, 0.15) is 57.9 Å². The molecule has 0 unspecified atom stereocenters. The molecule has 112 valence electrons. The van der Waals surface area contributed by atoms with Gasteiger partial charge in [0.25, 0.3) is 0 Å². The molecule has 2 heteroatoms. The van der Waals surface area contributed by atoms with Crippen molar-refractivity contribution >= 4 is 0 Å². The van der Waals surface area contributed by atoms with Crippen molar-refractivity contribution in [3.05, 3.63) is 29.8 Å². The molecule has 0 amide bonds. The van der Waals surface area contributed by atoms with Crippen molar-refractivity contribution in [2.45, 2.75) is 65.0 Å². The van der Waals surface area contributed by atoms with Gasteiger partial charge in [-0.25, -0.2) is 0 Å². The van der Waals surface area contributed by atoms with Gasteiger partial charge in [-0.1, -0.05) is 44.9 Å². The van der Waals surface area contributed by atoms with E-state index in [9.17, 15) is 0 Å². The molecule has 1 N–H and O–H groups in total. The number of benzene rings is 1. The monoisotopic (exact) mass is 275 g/mol. The molecule has 2 rings (SSSR count). The molecule has 20 heavy (non-hydrogen) atoms. The maximum absolute atomic E-state index is 6.28. The Morgan fingerprint density at radius 2 is 1.80 bits per heavy atom. The molecule has 0 aliphatic heterocycles. The Bertz CT molecular complexity index is 381. The Kier molecular flexibility index (Phi) is 6.38. The van der Waals surface area contributed by atoms with Gasteiger partial charge in [-0.05, 0) is 44.2 Å². The van der Waals surface area contributed by atoms with Crippen molar-refractivity contribution in [1.82, 2.24) is 5.32 Å². The summed E-state index contributed by atoms with van der Waals surface area (Å²) in [4.78, 5) is 0. The molecule has 1 aliphatic rings. The zero-order valence-electron chi connectivity index (χ0n) is 13.0. The summed E-state index contributed by atoms with van der Waals surface area (Å²) in [5, 5.41) is 3.51. The highest BCUT2D eigenvalue weighted by Crippen LogP contribution is 2.25. The van der Waals surface area contributed by atoms with E-state index in [2.05, 4.69) is 43.4 Å². The second-order valence-electron chi connectivity index (χ2n) is 6.36. The van der Waals surface area contributed by atoms with Crippen LogP contribution in [0, 0.1) is 5.92 Å².